The highest BCUT2D eigenvalue weighted by Gasteiger charge is 2.05. The zero-order valence-corrected chi connectivity index (χ0v) is 17.9. The Balaban J connectivity index is 0.00000576. The van der Waals surface area contributed by atoms with Gasteiger partial charge in [-0.1, -0.05) is 0 Å². The molecule has 7 nitrogen and oxygen atoms in total. The molecule has 0 saturated heterocycles. The molecule has 0 saturated carbocycles. The molecular weight excluding hydrogens is 435 g/mol. The molecule has 0 atom stereocenters. The van der Waals surface area contributed by atoms with E-state index in [4.69, 9.17) is 9.47 Å². The van der Waals surface area contributed by atoms with Gasteiger partial charge in [-0.2, -0.15) is 0 Å². The fourth-order valence-electron chi connectivity index (χ4n) is 2.19. The van der Waals surface area contributed by atoms with E-state index >= 15 is 0 Å². The predicted octanol–water partition coefficient (Wildman–Crippen LogP) is 1.65. The molecule has 0 unspecified atom stereocenters. The number of aliphatic imine (C=N–C) groups is 1. The predicted molar refractivity (Wildman–Crippen MR) is 112 cm³/mol. The number of hydrogen-bond donors (Lipinski definition) is 3. The zero-order valence-electron chi connectivity index (χ0n) is 15.5. The first-order chi connectivity index (χ1) is 11.6. The second-order valence-electron chi connectivity index (χ2n) is 5.50. The summed E-state index contributed by atoms with van der Waals surface area (Å²) in [7, 11) is 7.13. The maximum atomic E-state index is 9.89. The molecule has 25 heavy (non-hydrogen) atoms. The van der Waals surface area contributed by atoms with Crippen molar-refractivity contribution in [2.24, 2.45) is 4.99 Å². The number of aromatic hydroxyl groups is 1. The van der Waals surface area contributed by atoms with E-state index in [2.05, 4.69) is 27.6 Å². The molecule has 3 N–H and O–H groups in total. The van der Waals surface area contributed by atoms with Gasteiger partial charge in [-0.05, 0) is 31.7 Å². The third-order valence-electron chi connectivity index (χ3n) is 3.63. The fourth-order valence-corrected chi connectivity index (χ4v) is 2.19. The van der Waals surface area contributed by atoms with Gasteiger partial charge in [-0.3, -0.25) is 4.99 Å². The highest BCUT2D eigenvalue weighted by atomic mass is 127. The Bertz CT molecular complexity index is 515. The molecule has 0 aromatic heterocycles. The minimum Gasteiger partial charge on any atom is -0.508 e. The number of halogens is 1. The van der Waals surface area contributed by atoms with Crippen LogP contribution in [0.3, 0.4) is 0 Å². The molecule has 1 aromatic rings. The Labute approximate surface area is 167 Å². The molecule has 0 aliphatic heterocycles. The summed E-state index contributed by atoms with van der Waals surface area (Å²) in [4.78, 5) is 6.43. The van der Waals surface area contributed by atoms with Crippen LogP contribution in [0.15, 0.2) is 23.2 Å². The second kappa shape index (κ2) is 14.0. The molecule has 0 radical (unpaired) electrons. The molecule has 1 aromatic carbocycles. The van der Waals surface area contributed by atoms with Gasteiger partial charge >= 0.3 is 0 Å². The molecule has 8 heteroatoms. The van der Waals surface area contributed by atoms with Crippen molar-refractivity contribution in [3.05, 3.63) is 23.8 Å². The Kier molecular flexibility index (Phi) is 13.3. The zero-order chi connectivity index (χ0) is 17.8. The summed E-state index contributed by atoms with van der Waals surface area (Å²) in [5.41, 5.74) is 0.758. The van der Waals surface area contributed by atoms with Gasteiger partial charge in [0, 0.05) is 52.5 Å². The van der Waals surface area contributed by atoms with E-state index in [1.165, 1.54) is 0 Å². The highest BCUT2D eigenvalue weighted by molar-refractivity contribution is 14.0. The molecule has 0 bridgehead atoms. The second-order valence-corrected chi connectivity index (χ2v) is 5.50. The van der Waals surface area contributed by atoms with Gasteiger partial charge in [0.1, 0.15) is 11.5 Å². The van der Waals surface area contributed by atoms with Crippen LogP contribution >= 0.6 is 24.0 Å². The topological polar surface area (TPSA) is 78.4 Å². The quantitative estimate of drug-likeness (QED) is 0.211. The fraction of sp³-hybridized carbons (Fsp3) is 0.588. The van der Waals surface area contributed by atoms with Crippen LogP contribution in [0.25, 0.3) is 0 Å². The third-order valence-corrected chi connectivity index (χ3v) is 3.63. The number of benzene rings is 1. The maximum Gasteiger partial charge on any atom is 0.191 e. The van der Waals surface area contributed by atoms with E-state index in [0.29, 0.717) is 18.3 Å². The van der Waals surface area contributed by atoms with Crippen molar-refractivity contribution in [3.63, 3.8) is 0 Å². The van der Waals surface area contributed by atoms with Gasteiger partial charge in [0.2, 0.25) is 0 Å². The average Bonchev–Trinajstić information content (AvgIpc) is 2.59. The molecule has 1 rings (SSSR count). The Morgan fingerprint density at radius 3 is 2.64 bits per heavy atom. The smallest absolute Gasteiger partial charge is 0.191 e. The number of ether oxygens (including phenoxy) is 2. The molecule has 144 valence electrons. The number of guanidine groups is 1. The van der Waals surface area contributed by atoms with Gasteiger partial charge in [0.15, 0.2) is 5.96 Å². The van der Waals surface area contributed by atoms with E-state index < -0.39 is 0 Å². The maximum absolute atomic E-state index is 9.89. The lowest BCUT2D eigenvalue weighted by molar-refractivity contribution is 0.180. The molecule has 0 fully saturated rings. The van der Waals surface area contributed by atoms with Crippen LogP contribution < -0.4 is 15.4 Å². The van der Waals surface area contributed by atoms with Crippen LogP contribution in [0.5, 0.6) is 11.5 Å². The summed E-state index contributed by atoms with van der Waals surface area (Å²) in [6.07, 6.45) is 1.02. The normalized spacial score (nSPS) is 11.2. The van der Waals surface area contributed by atoms with Crippen molar-refractivity contribution in [2.45, 2.75) is 13.0 Å². The Hall–Kier alpha value is -1.26. The monoisotopic (exact) mass is 466 g/mol. The molecule has 0 spiro atoms. The van der Waals surface area contributed by atoms with Crippen LogP contribution in [-0.4, -0.2) is 70.5 Å². The largest absolute Gasteiger partial charge is 0.508 e. The first kappa shape index (κ1) is 23.7. The number of likely N-dealkylation sites (N-methyl/N-ethyl adjacent to an activating group) is 1. The minimum atomic E-state index is 0. The van der Waals surface area contributed by atoms with Gasteiger partial charge in [0.05, 0.1) is 7.11 Å². The summed E-state index contributed by atoms with van der Waals surface area (Å²) in [6, 6.07) is 5.16. The third kappa shape index (κ3) is 9.71. The summed E-state index contributed by atoms with van der Waals surface area (Å²) in [5, 5.41) is 16.3. The molecule has 0 heterocycles. The summed E-state index contributed by atoms with van der Waals surface area (Å²) >= 11 is 0. The Morgan fingerprint density at radius 2 is 2.00 bits per heavy atom. The van der Waals surface area contributed by atoms with Gasteiger partial charge in [-0.25, -0.2) is 0 Å². The SMILES string of the molecule is CN=C(NCCN(C)CCCOC)NCc1cc(OC)ccc1O.I. The number of rotatable bonds is 10. The van der Waals surface area contributed by atoms with Crippen LogP contribution in [0, 0.1) is 0 Å². The van der Waals surface area contributed by atoms with Crippen molar-refractivity contribution in [2.75, 3.05) is 54.6 Å². The lowest BCUT2D eigenvalue weighted by atomic mass is 10.2. The first-order valence-electron chi connectivity index (χ1n) is 8.08. The molecule has 0 aliphatic rings. The summed E-state index contributed by atoms with van der Waals surface area (Å²) in [6.45, 7) is 3.94. The molecular formula is C17H31IN4O3. The lowest BCUT2D eigenvalue weighted by Gasteiger charge is -2.18. The molecule has 0 amide bonds. The molecule has 0 aliphatic carbocycles. The summed E-state index contributed by atoms with van der Waals surface area (Å²) < 4.78 is 10.2. The van der Waals surface area contributed by atoms with Crippen molar-refractivity contribution in [3.8, 4) is 11.5 Å². The Morgan fingerprint density at radius 1 is 1.24 bits per heavy atom. The lowest BCUT2D eigenvalue weighted by Crippen LogP contribution is -2.40. The highest BCUT2D eigenvalue weighted by Crippen LogP contribution is 2.22. The van der Waals surface area contributed by atoms with E-state index in [-0.39, 0.29) is 29.7 Å². The number of phenols is 1. The van der Waals surface area contributed by atoms with Gasteiger partial charge < -0.3 is 30.1 Å². The first-order valence-corrected chi connectivity index (χ1v) is 8.08. The van der Waals surface area contributed by atoms with Gasteiger partial charge in [-0.15, -0.1) is 24.0 Å². The van der Waals surface area contributed by atoms with E-state index in [9.17, 15) is 5.11 Å². The van der Waals surface area contributed by atoms with Crippen molar-refractivity contribution < 1.29 is 14.6 Å². The van der Waals surface area contributed by atoms with Gasteiger partial charge in [0.25, 0.3) is 0 Å². The number of nitrogens with zero attached hydrogens (tertiary/aromatic N) is 2. The number of nitrogens with one attached hydrogen (secondary N) is 2. The van der Waals surface area contributed by atoms with Crippen molar-refractivity contribution in [1.29, 1.82) is 0 Å². The standard InChI is InChI=1S/C17H30N4O3.HI/c1-18-17(19-8-10-21(2)9-5-11-23-3)20-13-14-12-15(24-4)6-7-16(14)22;/h6-7,12,22H,5,8-11,13H2,1-4H3,(H2,18,19,20);1H. The van der Waals surface area contributed by atoms with Crippen molar-refractivity contribution in [1.82, 2.24) is 15.5 Å². The number of phenolic OH excluding ortho intramolecular Hbond substituents is 1. The van der Waals surface area contributed by atoms with Crippen LogP contribution in [0.1, 0.15) is 12.0 Å². The number of hydrogen-bond acceptors (Lipinski definition) is 5. The van der Waals surface area contributed by atoms with Crippen LogP contribution in [0.4, 0.5) is 0 Å². The van der Waals surface area contributed by atoms with E-state index in [1.807, 2.05) is 0 Å². The minimum absolute atomic E-state index is 0. The van der Waals surface area contributed by atoms with Crippen LogP contribution in [-0.2, 0) is 11.3 Å². The number of methoxy groups -OCH3 is 2. The average molecular weight is 466 g/mol. The van der Waals surface area contributed by atoms with Crippen molar-refractivity contribution >= 4 is 29.9 Å². The summed E-state index contributed by atoms with van der Waals surface area (Å²) in [5.74, 6) is 1.64. The van der Waals surface area contributed by atoms with E-state index in [1.54, 1.807) is 39.5 Å². The van der Waals surface area contributed by atoms with Crippen LogP contribution in [0.2, 0.25) is 0 Å². The van der Waals surface area contributed by atoms with E-state index in [0.717, 1.165) is 38.2 Å².